The molecule has 0 aliphatic carbocycles. The fourth-order valence-corrected chi connectivity index (χ4v) is 3.44. The van der Waals surface area contributed by atoms with Gasteiger partial charge in [0, 0.05) is 50.2 Å². The van der Waals surface area contributed by atoms with Crippen LogP contribution in [0.5, 0.6) is 5.75 Å². The predicted molar refractivity (Wildman–Crippen MR) is 127 cm³/mol. The first-order chi connectivity index (χ1) is 14.8. The molecule has 0 aromatic heterocycles. The average molecular weight is 448 g/mol. The van der Waals surface area contributed by atoms with Crippen LogP contribution in [0, 0.1) is 11.2 Å². The Kier molecular flexibility index (Phi) is 7.62. The van der Waals surface area contributed by atoms with Gasteiger partial charge in [-0.05, 0) is 42.3 Å². The summed E-state index contributed by atoms with van der Waals surface area (Å²) in [5.41, 5.74) is 7.61. The minimum Gasteiger partial charge on any atom is -0.497 e. The zero-order chi connectivity index (χ0) is 22.4. The van der Waals surface area contributed by atoms with Gasteiger partial charge in [-0.25, -0.2) is 4.39 Å². The van der Waals surface area contributed by atoms with E-state index in [1.165, 1.54) is 6.07 Å². The number of piperazine rings is 1. The van der Waals surface area contributed by atoms with Crippen LogP contribution in [-0.4, -0.2) is 57.2 Å². The van der Waals surface area contributed by atoms with Crippen LogP contribution in [0.3, 0.4) is 0 Å². The van der Waals surface area contributed by atoms with Crippen molar-refractivity contribution in [1.29, 1.82) is 0 Å². The monoisotopic (exact) mass is 447 g/mol. The summed E-state index contributed by atoms with van der Waals surface area (Å²) < 4.78 is 18.9. The lowest BCUT2D eigenvalue weighted by atomic mass is 9.94. The summed E-state index contributed by atoms with van der Waals surface area (Å²) in [6, 6.07) is 12.7. The van der Waals surface area contributed by atoms with Crippen molar-refractivity contribution in [3.63, 3.8) is 0 Å². The van der Waals surface area contributed by atoms with E-state index in [2.05, 4.69) is 35.0 Å². The SMILES string of the molecule is COc1cccc(N2CCN(C(=NCC(C)(C)CN)Nc3ccc(F)c(Cl)c3)CC2)c1. The van der Waals surface area contributed by atoms with Gasteiger partial charge in [0.1, 0.15) is 11.6 Å². The highest BCUT2D eigenvalue weighted by Crippen LogP contribution is 2.23. The number of guanidine groups is 1. The summed E-state index contributed by atoms with van der Waals surface area (Å²) in [4.78, 5) is 9.38. The Morgan fingerprint density at radius 3 is 2.58 bits per heavy atom. The molecule has 1 fully saturated rings. The third kappa shape index (κ3) is 6.24. The van der Waals surface area contributed by atoms with Crippen molar-refractivity contribution in [2.45, 2.75) is 13.8 Å². The van der Waals surface area contributed by atoms with Gasteiger partial charge in [0.15, 0.2) is 5.96 Å². The Balaban J connectivity index is 1.74. The molecule has 1 aliphatic rings. The minimum atomic E-state index is -0.443. The first-order valence-electron chi connectivity index (χ1n) is 10.4. The third-order valence-corrected chi connectivity index (χ3v) is 5.67. The first-order valence-corrected chi connectivity index (χ1v) is 10.8. The van der Waals surface area contributed by atoms with Gasteiger partial charge in [0.2, 0.25) is 0 Å². The smallest absolute Gasteiger partial charge is 0.198 e. The van der Waals surface area contributed by atoms with Crippen LogP contribution in [0.4, 0.5) is 15.8 Å². The Labute approximate surface area is 188 Å². The number of hydrogen-bond donors (Lipinski definition) is 2. The normalized spacial score (nSPS) is 15.2. The fourth-order valence-electron chi connectivity index (χ4n) is 3.26. The van der Waals surface area contributed by atoms with Crippen molar-refractivity contribution < 1.29 is 9.13 Å². The summed E-state index contributed by atoms with van der Waals surface area (Å²) in [5.74, 6) is 1.15. The topological polar surface area (TPSA) is 66.1 Å². The lowest BCUT2D eigenvalue weighted by Crippen LogP contribution is -2.51. The number of nitrogens with two attached hydrogens (primary N) is 1. The molecule has 6 nitrogen and oxygen atoms in total. The molecule has 2 aromatic carbocycles. The Morgan fingerprint density at radius 1 is 1.19 bits per heavy atom. The maximum absolute atomic E-state index is 13.6. The Bertz CT molecular complexity index is 913. The molecule has 1 heterocycles. The molecule has 0 amide bonds. The van der Waals surface area contributed by atoms with E-state index in [1.54, 1.807) is 19.2 Å². The van der Waals surface area contributed by atoms with E-state index < -0.39 is 5.82 Å². The lowest BCUT2D eigenvalue weighted by Gasteiger charge is -2.38. The summed E-state index contributed by atoms with van der Waals surface area (Å²) >= 11 is 5.96. The number of halogens is 2. The van der Waals surface area contributed by atoms with Gasteiger partial charge in [-0.3, -0.25) is 4.99 Å². The van der Waals surface area contributed by atoms with Gasteiger partial charge in [-0.2, -0.15) is 0 Å². The predicted octanol–water partition coefficient (Wildman–Crippen LogP) is 4.06. The van der Waals surface area contributed by atoms with Gasteiger partial charge in [0.25, 0.3) is 0 Å². The summed E-state index contributed by atoms with van der Waals surface area (Å²) in [5, 5.41) is 3.41. The summed E-state index contributed by atoms with van der Waals surface area (Å²) in [6.07, 6.45) is 0. The van der Waals surface area contributed by atoms with E-state index >= 15 is 0 Å². The van der Waals surface area contributed by atoms with Crippen molar-refractivity contribution in [1.82, 2.24) is 4.90 Å². The van der Waals surface area contributed by atoms with Crippen LogP contribution in [0.2, 0.25) is 5.02 Å². The molecule has 1 saturated heterocycles. The number of rotatable bonds is 6. The number of anilines is 2. The molecule has 0 spiro atoms. The number of nitrogens with one attached hydrogen (secondary N) is 1. The molecule has 3 rings (SSSR count). The van der Waals surface area contributed by atoms with Crippen molar-refractivity contribution in [2.24, 2.45) is 16.1 Å². The largest absolute Gasteiger partial charge is 0.497 e. The first kappa shape index (κ1) is 23.2. The second-order valence-corrected chi connectivity index (χ2v) is 8.84. The van der Waals surface area contributed by atoms with E-state index in [0.717, 1.165) is 43.6 Å². The van der Waals surface area contributed by atoms with Crippen molar-refractivity contribution in [2.75, 3.05) is 56.6 Å². The second kappa shape index (κ2) is 10.2. The molecule has 0 bridgehead atoms. The van der Waals surface area contributed by atoms with Crippen LogP contribution in [0.25, 0.3) is 0 Å². The zero-order valence-electron chi connectivity index (χ0n) is 18.4. The fraction of sp³-hybridized carbons (Fsp3) is 0.435. The quantitative estimate of drug-likeness (QED) is 0.516. The van der Waals surface area contributed by atoms with Crippen LogP contribution >= 0.6 is 11.6 Å². The van der Waals surface area contributed by atoms with Gasteiger partial charge < -0.3 is 25.6 Å². The number of benzene rings is 2. The highest BCUT2D eigenvalue weighted by atomic mass is 35.5. The zero-order valence-corrected chi connectivity index (χ0v) is 19.1. The molecule has 168 valence electrons. The van der Waals surface area contributed by atoms with E-state index in [4.69, 9.17) is 27.1 Å². The molecule has 0 unspecified atom stereocenters. The van der Waals surface area contributed by atoms with Gasteiger partial charge in [-0.1, -0.05) is 31.5 Å². The van der Waals surface area contributed by atoms with E-state index in [9.17, 15) is 4.39 Å². The van der Waals surface area contributed by atoms with Crippen molar-refractivity contribution in [3.05, 3.63) is 53.3 Å². The molecule has 2 aromatic rings. The van der Waals surface area contributed by atoms with Crippen molar-refractivity contribution in [3.8, 4) is 5.75 Å². The van der Waals surface area contributed by atoms with E-state index in [-0.39, 0.29) is 10.4 Å². The number of aliphatic imine (C=N–C) groups is 1. The molecular weight excluding hydrogens is 417 g/mol. The van der Waals surface area contributed by atoms with Crippen LogP contribution in [0.1, 0.15) is 13.8 Å². The van der Waals surface area contributed by atoms with Crippen LogP contribution in [-0.2, 0) is 0 Å². The highest BCUT2D eigenvalue weighted by Gasteiger charge is 2.22. The van der Waals surface area contributed by atoms with Gasteiger partial charge in [-0.15, -0.1) is 0 Å². The second-order valence-electron chi connectivity index (χ2n) is 8.44. The van der Waals surface area contributed by atoms with Gasteiger partial charge in [0.05, 0.1) is 12.1 Å². The molecule has 0 atom stereocenters. The number of ether oxygens (including phenoxy) is 1. The standard InChI is InChI=1S/C23H31ClFN5O/c1-23(2,15-26)16-27-22(28-17-7-8-21(25)20(24)13-17)30-11-9-29(10-12-30)18-5-4-6-19(14-18)31-3/h4-8,13-14H,9-12,15-16,26H2,1-3H3,(H,27,28). The summed E-state index contributed by atoms with van der Waals surface area (Å²) in [6.45, 7) is 8.57. The molecule has 1 aliphatic heterocycles. The number of methoxy groups -OCH3 is 1. The summed E-state index contributed by atoms with van der Waals surface area (Å²) in [7, 11) is 1.68. The number of nitrogens with zero attached hydrogens (tertiary/aromatic N) is 3. The molecule has 0 radical (unpaired) electrons. The maximum Gasteiger partial charge on any atom is 0.198 e. The third-order valence-electron chi connectivity index (χ3n) is 5.38. The highest BCUT2D eigenvalue weighted by molar-refractivity contribution is 6.31. The average Bonchev–Trinajstić information content (AvgIpc) is 2.79. The minimum absolute atomic E-state index is 0.0782. The molecular formula is C23H31ClFN5O. The number of hydrogen-bond acceptors (Lipinski definition) is 4. The Morgan fingerprint density at radius 2 is 1.94 bits per heavy atom. The maximum atomic E-state index is 13.6. The Hall–Kier alpha value is -2.51. The van der Waals surface area contributed by atoms with Gasteiger partial charge >= 0.3 is 0 Å². The van der Waals surface area contributed by atoms with Crippen molar-refractivity contribution >= 4 is 28.9 Å². The van der Waals surface area contributed by atoms with E-state index in [1.807, 2.05) is 18.2 Å². The van der Waals surface area contributed by atoms with Crippen LogP contribution < -0.4 is 20.7 Å². The molecule has 0 saturated carbocycles. The van der Waals surface area contributed by atoms with Crippen LogP contribution in [0.15, 0.2) is 47.5 Å². The van der Waals surface area contributed by atoms with E-state index in [0.29, 0.717) is 18.8 Å². The molecule has 8 heteroatoms. The molecule has 3 N–H and O–H groups in total. The molecule has 31 heavy (non-hydrogen) atoms. The lowest BCUT2D eigenvalue weighted by molar-refractivity contribution is 0.368.